The lowest BCUT2D eigenvalue weighted by molar-refractivity contribution is 0.0135. The SMILES string of the molecule is C=CCOCCOCCOCCOc1ccc(COc2ccc(OC)cc2)cc1. The van der Waals surface area contributed by atoms with Crippen LogP contribution in [-0.4, -0.2) is 53.4 Å². The molecule has 29 heavy (non-hydrogen) atoms. The van der Waals surface area contributed by atoms with Crippen LogP contribution in [0.1, 0.15) is 5.56 Å². The van der Waals surface area contributed by atoms with E-state index in [0.717, 1.165) is 22.8 Å². The molecule has 2 aromatic rings. The molecular formula is C23H30O6. The highest BCUT2D eigenvalue weighted by molar-refractivity contribution is 5.32. The quantitative estimate of drug-likeness (QED) is 0.314. The van der Waals surface area contributed by atoms with E-state index in [0.29, 0.717) is 52.9 Å². The highest BCUT2D eigenvalue weighted by atomic mass is 16.6. The third-order valence-electron chi connectivity index (χ3n) is 3.86. The highest BCUT2D eigenvalue weighted by Crippen LogP contribution is 2.19. The summed E-state index contributed by atoms with van der Waals surface area (Å²) in [6.07, 6.45) is 1.72. The first kappa shape index (κ1) is 22.7. The standard InChI is InChI=1S/C23H30O6/c1-3-12-25-13-14-26-15-16-27-17-18-28-22-6-4-20(5-7-22)19-29-23-10-8-21(24-2)9-11-23/h3-11H,1,12-19H2,2H3. The molecule has 0 aliphatic heterocycles. The maximum absolute atomic E-state index is 5.76. The summed E-state index contributed by atoms with van der Waals surface area (Å²) in [6, 6.07) is 15.4. The molecule has 0 unspecified atom stereocenters. The number of hydrogen-bond donors (Lipinski definition) is 0. The predicted octanol–water partition coefficient (Wildman–Crippen LogP) is 3.89. The van der Waals surface area contributed by atoms with E-state index in [-0.39, 0.29) is 0 Å². The molecule has 0 aliphatic carbocycles. The van der Waals surface area contributed by atoms with E-state index in [4.69, 9.17) is 28.4 Å². The topological polar surface area (TPSA) is 55.4 Å². The van der Waals surface area contributed by atoms with Crippen molar-refractivity contribution in [1.29, 1.82) is 0 Å². The second kappa shape index (κ2) is 14.5. The average molecular weight is 402 g/mol. The molecule has 0 amide bonds. The van der Waals surface area contributed by atoms with Gasteiger partial charge in [0.05, 0.1) is 46.8 Å². The maximum atomic E-state index is 5.76. The van der Waals surface area contributed by atoms with Gasteiger partial charge in [-0.2, -0.15) is 0 Å². The van der Waals surface area contributed by atoms with Gasteiger partial charge in [-0.05, 0) is 42.0 Å². The van der Waals surface area contributed by atoms with Crippen molar-refractivity contribution in [2.24, 2.45) is 0 Å². The fraction of sp³-hybridized carbons (Fsp3) is 0.391. The number of rotatable bonds is 16. The maximum Gasteiger partial charge on any atom is 0.120 e. The van der Waals surface area contributed by atoms with Gasteiger partial charge in [-0.15, -0.1) is 6.58 Å². The Morgan fingerprint density at radius 3 is 1.79 bits per heavy atom. The smallest absolute Gasteiger partial charge is 0.120 e. The van der Waals surface area contributed by atoms with Crippen molar-refractivity contribution < 1.29 is 28.4 Å². The lowest BCUT2D eigenvalue weighted by Gasteiger charge is -2.10. The van der Waals surface area contributed by atoms with Crippen LogP contribution in [0.2, 0.25) is 0 Å². The molecule has 0 N–H and O–H groups in total. The van der Waals surface area contributed by atoms with Gasteiger partial charge in [0, 0.05) is 0 Å². The van der Waals surface area contributed by atoms with Crippen LogP contribution < -0.4 is 14.2 Å². The van der Waals surface area contributed by atoms with Crippen molar-refractivity contribution in [3.05, 3.63) is 66.7 Å². The normalized spacial score (nSPS) is 10.5. The minimum atomic E-state index is 0.490. The Bertz CT molecular complexity index is 669. The van der Waals surface area contributed by atoms with Crippen molar-refractivity contribution in [2.75, 3.05) is 53.4 Å². The molecule has 6 nitrogen and oxygen atoms in total. The minimum absolute atomic E-state index is 0.490. The predicted molar refractivity (Wildman–Crippen MR) is 112 cm³/mol. The van der Waals surface area contributed by atoms with Crippen molar-refractivity contribution in [3.8, 4) is 17.2 Å². The third kappa shape index (κ3) is 9.99. The molecule has 6 heteroatoms. The van der Waals surface area contributed by atoms with Crippen molar-refractivity contribution >= 4 is 0 Å². The second-order valence-electron chi connectivity index (χ2n) is 6.04. The van der Waals surface area contributed by atoms with Gasteiger partial charge in [0.15, 0.2) is 0 Å². The molecule has 0 fully saturated rings. The fourth-order valence-electron chi connectivity index (χ4n) is 2.35. The number of methoxy groups -OCH3 is 1. The van der Waals surface area contributed by atoms with Crippen LogP contribution in [0.5, 0.6) is 17.2 Å². The highest BCUT2D eigenvalue weighted by Gasteiger charge is 1.99. The Hall–Kier alpha value is -2.54. The van der Waals surface area contributed by atoms with Gasteiger partial charge in [0.2, 0.25) is 0 Å². The van der Waals surface area contributed by atoms with E-state index < -0.39 is 0 Å². The van der Waals surface area contributed by atoms with Gasteiger partial charge < -0.3 is 28.4 Å². The summed E-state index contributed by atoms with van der Waals surface area (Å²) in [5.74, 6) is 2.41. The summed E-state index contributed by atoms with van der Waals surface area (Å²) in [5, 5.41) is 0. The molecule has 0 aliphatic rings. The summed E-state index contributed by atoms with van der Waals surface area (Å²) in [7, 11) is 1.64. The van der Waals surface area contributed by atoms with E-state index >= 15 is 0 Å². The Balaban J connectivity index is 1.52. The number of ether oxygens (including phenoxy) is 6. The Kier molecular flexibility index (Phi) is 11.3. The summed E-state index contributed by atoms with van der Waals surface area (Å²) >= 11 is 0. The monoisotopic (exact) mass is 402 g/mol. The van der Waals surface area contributed by atoms with Gasteiger partial charge in [0.1, 0.15) is 30.5 Å². The molecule has 0 atom stereocenters. The molecule has 2 aromatic carbocycles. The zero-order chi connectivity index (χ0) is 20.6. The molecule has 2 rings (SSSR count). The van der Waals surface area contributed by atoms with E-state index in [1.807, 2.05) is 48.5 Å². The lowest BCUT2D eigenvalue weighted by Crippen LogP contribution is -2.12. The largest absolute Gasteiger partial charge is 0.497 e. The van der Waals surface area contributed by atoms with Crippen LogP contribution in [0.4, 0.5) is 0 Å². The molecule has 0 saturated heterocycles. The van der Waals surface area contributed by atoms with E-state index in [9.17, 15) is 0 Å². The first-order valence-corrected chi connectivity index (χ1v) is 9.64. The fourth-order valence-corrected chi connectivity index (χ4v) is 2.35. The summed E-state index contributed by atoms with van der Waals surface area (Å²) in [4.78, 5) is 0. The van der Waals surface area contributed by atoms with Gasteiger partial charge >= 0.3 is 0 Å². The Labute approximate surface area is 172 Å². The number of benzene rings is 2. The van der Waals surface area contributed by atoms with E-state index in [1.165, 1.54) is 0 Å². The lowest BCUT2D eigenvalue weighted by atomic mass is 10.2. The van der Waals surface area contributed by atoms with E-state index in [1.54, 1.807) is 13.2 Å². The molecule has 158 valence electrons. The Morgan fingerprint density at radius 1 is 0.655 bits per heavy atom. The van der Waals surface area contributed by atoms with Crippen molar-refractivity contribution in [2.45, 2.75) is 6.61 Å². The van der Waals surface area contributed by atoms with Gasteiger partial charge in [-0.3, -0.25) is 0 Å². The van der Waals surface area contributed by atoms with Crippen LogP contribution in [0.15, 0.2) is 61.2 Å². The molecule has 0 bridgehead atoms. The molecule has 0 radical (unpaired) electrons. The second-order valence-corrected chi connectivity index (χ2v) is 6.04. The third-order valence-corrected chi connectivity index (χ3v) is 3.86. The zero-order valence-electron chi connectivity index (χ0n) is 17.0. The summed E-state index contributed by atoms with van der Waals surface area (Å²) < 4.78 is 32.6. The van der Waals surface area contributed by atoms with Crippen LogP contribution >= 0.6 is 0 Å². The Morgan fingerprint density at radius 2 is 1.17 bits per heavy atom. The van der Waals surface area contributed by atoms with Crippen LogP contribution in [-0.2, 0) is 20.8 Å². The van der Waals surface area contributed by atoms with Crippen molar-refractivity contribution in [3.63, 3.8) is 0 Å². The first-order chi connectivity index (χ1) is 14.3. The summed E-state index contributed by atoms with van der Waals surface area (Å²) in [6.45, 7) is 7.83. The molecule has 0 heterocycles. The van der Waals surface area contributed by atoms with Gasteiger partial charge in [-0.1, -0.05) is 18.2 Å². The molecular weight excluding hydrogens is 372 g/mol. The van der Waals surface area contributed by atoms with Crippen LogP contribution in [0.25, 0.3) is 0 Å². The van der Waals surface area contributed by atoms with Crippen LogP contribution in [0, 0.1) is 0 Å². The first-order valence-electron chi connectivity index (χ1n) is 9.64. The summed E-state index contributed by atoms with van der Waals surface area (Å²) in [5.41, 5.74) is 1.07. The van der Waals surface area contributed by atoms with Gasteiger partial charge in [0.25, 0.3) is 0 Å². The van der Waals surface area contributed by atoms with Crippen molar-refractivity contribution in [1.82, 2.24) is 0 Å². The molecule has 0 spiro atoms. The zero-order valence-corrected chi connectivity index (χ0v) is 17.0. The minimum Gasteiger partial charge on any atom is -0.497 e. The molecule has 0 saturated carbocycles. The van der Waals surface area contributed by atoms with Gasteiger partial charge in [-0.25, -0.2) is 0 Å². The molecule has 0 aromatic heterocycles. The van der Waals surface area contributed by atoms with Crippen LogP contribution in [0.3, 0.4) is 0 Å². The average Bonchev–Trinajstić information content (AvgIpc) is 2.77. The number of hydrogen-bond acceptors (Lipinski definition) is 6. The van der Waals surface area contributed by atoms with E-state index in [2.05, 4.69) is 6.58 Å².